The summed E-state index contributed by atoms with van der Waals surface area (Å²) in [5, 5.41) is 4.37. The van der Waals surface area contributed by atoms with Gasteiger partial charge in [0.2, 0.25) is 0 Å². The van der Waals surface area contributed by atoms with Crippen LogP contribution in [0.4, 0.5) is 5.69 Å². The predicted molar refractivity (Wildman–Crippen MR) is 113 cm³/mol. The molecule has 3 rings (SSSR count). The SMILES string of the molecule is COc1cc(OC)c(C=NNc2ccccc2)c(B2OC(C)(C)C(C)(C)O2)c1. The van der Waals surface area contributed by atoms with Crippen molar-refractivity contribution in [2.75, 3.05) is 19.6 Å². The molecule has 0 atom stereocenters. The highest BCUT2D eigenvalue weighted by Crippen LogP contribution is 2.37. The number of nitrogens with one attached hydrogen (secondary N) is 1. The van der Waals surface area contributed by atoms with Crippen LogP contribution in [0.15, 0.2) is 47.6 Å². The van der Waals surface area contributed by atoms with E-state index in [2.05, 4.69) is 10.5 Å². The summed E-state index contributed by atoms with van der Waals surface area (Å²) in [7, 11) is 2.67. The molecule has 28 heavy (non-hydrogen) atoms. The molecule has 0 unspecified atom stereocenters. The molecule has 1 aliphatic rings. The van der Waals surface area contributed by atoms with Crippen molar-refractivity contribution in [2.24, 2.45) is 5.10 Å². The maximum absolute atomic E-state index is 6.24. The zero-order chi connectivity index (χ0) is 20.4. The molecule has 2 aromatic rings. The molecule has 2 aromatic carbocycles. The van der Waals surface area contributed by atoms with E-state index in [1.54, 1.807) is 20.4 Å². The highest BCUT2D eigenvalue weighted by atomic mass is 16.7. The Morgan fingerprint density at radius 2 is 1.61 bits per heavy atom. The van der Waals surface area contributed by atoms with Crippen molar-refractivity contribution in [3.8, 4) is 11.5 Å². The fraction of sp³-hybridized carbons (Fsp3) is 0.381. The zero-order valence-electron chi connectivity index (χ0n) is 17.3. The van der Waals surface area contributed by atoms with Crippen LogP contribution in [0.5, 0.6) is 11.5 Å². The van der Waals surface area contributed by atoms with Crippen LogP contribution < -0.4 is 20.4 Å². The van der Waals surface area contributed by atoms with Gasteiger partial charge in [-0.3, -0.25) is 5.43 Å². The molecule has 1 aliphatic heterocycles. The first-order chi connectivity index (χ1) is 13.3. The summed E-state index contributed by atoms with van der Waals surface area (Å²) in [5.41, 5.74) is 4.58. The van der Waals surface area contributed by atoms with Crippen LogP contribution in [0.2, 0.25) is 0 Å². The Morgan fingerprint density at radius 3 is 2.18 bits per heavy atom. The summed E-state index contributed by atoms with van der Waals surface area (Å²) < 4.78 is 23.5. The van der Waals surface area contributed by atoms with Gasteiger partial charge < -0.3 is 18.8 Å². The summed E-state index contributed by atoms with van der Waals surface area (Å²) in [4.78, 5) is 0. The van der Waals surface area contributed by atoms with Gasteiger partial charge in [-0.1, -0.05) is 18.2 Å². The second-order valence-electron chi connectivity index (χ2n) is 7.66. The molecule has 7 heteroatoms. The molecular formula is C21H27BN2O4. The molecule has 1 saturated heterocycles. The van der Waals surface area contributed by atoms with Gasteiger partial charge in [-0.2, -0.15) is 5.10 Å². The fourth-order valence-corrected chi connectivity index (χ4v) is 2.90. The number of ether oxygens (including phenoxy) is 2. The molecule has 1 heterocycles. The van der Waals surface area contributed by atoms with Crippen molar-refractivity contribution in [2.45, 2.75) is 38.9 Å². The molecule has 0 aliphatic carbocycles. The third-order valence-electron chi connectivity index (χ3n) is 5.27. The summed E-state index contributed by atoms with van der Waals surface area (Å²) >= 11 is 0. The van der Waals surface area contributed by atoms with Gasteiger partial charge in [-0.05, 0) is 51.4 Å². The molecule has 1 fully saturated rings. The summed E-state index contributed by atoms with van der Waals surface area (Å²) in [5.74, 6) is 1.29. The molecule has 1 N–H and O–H groups in total. The molecular weight excluding hydrogens is 355 g/mol. The summed E-state index contributed by atoms with van der Waals surface area (Å²) in [6, 6.07) is 13.4. The number of rotatable bonds is 6. The number of hydrazone groups is 1. The maximum atomic E-state index is 6.24. The largest absolute Gasteiger partial charge is 0.497 e. The molecule has 0 saturated carbocycles. The van der Waals surface area contributed by atoms with Crippen LogP contribution in [0.3, 0.4) is 0 Å². The van der Waals surface area contributed by atoms with Gasteiger partial charge in [0.15, 0.2) is 0 Å². The number of nitrogens with zero attached hydrogens (tertiary/aromatic N) is 1. The van der Waals surface area contributed by atoms with Crippen LogP contribution in [-0.2, 0) is 9.31 Å². The van der Waals surface area contributed by atoms with Gasteiger partial charge >= 0.3 is 7.12 Å². The number of hydrogen-bond donors (Lipinski definition) is 1. The van der Waals surface area contributed by atoms with Crippen molar-refractivity contribution in [3.05, 3.63) is 48.0 Å². The van der Waals surface area contributed by atoms with Gasteiger partial charge in [0, 0.05) is 11.6 Å². The first-order valence-electron chi connectivity index (χ1n) is 9.23. The average Bonchev–Trinajstić information content (AvgIpc) is 2.89. The number of anilines is 1. The van der Waals surface area contributed by atoms with Gasteiger partial charge in [-0.25, -0.2) is 0 Å². The van der Waals surface area contributed by atoms with Crippen molar-refractivity contribution >= 4 is 24.5 Å². The number of methoxy groups -OCH3 is 2. The Morgan fingerprint density at radius 1 is 0.964 bits per heavy atom. The highest BCUT2D eigenvalue weighted by molar-refractivity contribution is 6.63. The van der Waals surface area contributed by atoms with E-state index in [4.69, 9.17) is 18.8 Å². The molecule has 6 nitrogen and oxygen atoms in total. The van der Waals surface area contributed by atoms with E-state index >= 15 is 0 Å². The normalized spacial score (nSPS) is 17.7. The topological polar surface area (TPSA) is 61.3 Å². The monoisotopic (exact) mass is 382 g/mol. The van der Waals surface area contributed by atoms with Gasteiger partial charge in [0.05, 0.1) is 37.3 Å². The first kappa shape index (κ1) is 20.2. The average molecular weight is 382 g/mol. The Bertz CT molecular complexity index is 837. The standard InChI is InChI=1S/C21H27BN2O4/c1-20(2)21(3,4)28-22(27-20)18-12-16(25-5)13-19(26-6)17(18)14-23-24-15-10-8-7-9-11-15/h7-14,24H,1-6H3. The van der Waals surface area contributed by atoms with E-state index in [0.717, 1.165) is 16.7 Å². The number of benzene rings is 2. The van der Waals surface area contributed by atoms with E-state index in [0.29, 0.717) is 11.5 Å². The molecule has 0 amide bonds. The van der Waals surface area contributed by atoms with E-state index in [-0.39, 0.29) is 0 Å². The second kappa shape index (κ2) is 7.85. The molecule has 0 bridgehead atoms. The van der Waals surface area contributed by atoms with Crippen LogP contribution in [0.25, 0.3) is 0 Å². The van der Waals surface area contributed by atoms with Gasteiger partial charge in [0.1, 0.15) is 11.5 Å². The Hall–Kier alpha value is -2.51. The van der Waals surface area contributed by atoms with E-state index in [1.807, 2.05) is 70.2 Å². The Kier molecular flexibility index (Phi) is 5.68. The van der Waals surface area contributed by atoms with Crippen LogP contribution >= 0.6 is 0 Å². The fourth-order valence-electron chi connectivity index (χ4n) is 2.90. The summed E-state index contributed by atoms with van der Waals surface area (Å²) in [6.45, 7) is 8.09. The zero-order valence-corrected chi connectivity index (χ0v) is 17.3. The Labute approximate surface area is 167 Å². The minimum absolute atomic E-state index is 0.454. The number of para-hydroxylation sites is 1. The Balaban J connectivity index is 1.98. The predicted octanol–water partition coefficient (Wildman–Crippen LogP) is 3.45. The van der Waals surface area contributed by atoms with Gasteiger partial charge in [0.25, 0.3) is 0 Å². The van der Waals surface area contributed by atoms with Crippen molar-refractivity contribution in [1.29, 1.82) is 0 Å². The summed E-state index contributed by atoms with van der Waals surface area (Å²) in [6.07, 6.45) is 1.71. The van der Waals surface area contributed by atoms with Crippen molar-refractivity contribution in [3.63, 3.8) is 0 Å². The third-order valence-corrected chi connectivity index (χ3v) is 5.27. The van der Waals surface area contributed by atoms with Crippen LogP contribution in [-0.4, -0.2) is 38.8 Å². The lowest BCUT2D eigenvalue weighted by Gasteiger charge is -2.32. The smallest absolute Gasteiger partial charge is 0.495 e. The minimum Gasteiger partial charge on any atom is -0.497 e. The lowest BCUT2D eigenvalue weighted by Crippen LogP contribution is -2.41. The van der Waals surface area contributed by atoms with Crippen LogP contribution in [0.1, 0.15) is 33.3 Å². The first-order valence-corrected chi connectivity index (χ1v) is 9.23. The quantitative estimate of drug-likeness (QED) is 0.471. The molecule has 0 aromatic heterocycles. The van der Waals surface area contributed by atoms with E-state index in [1.165, 1.54) is 0 Å². The van der Waals surface area contributed by atoms with E-state index in [9.17, 15) is 0 Å². The maximum Gasteiger partial charge on any atom is 0.495 e. The molecule has 0 spiro atoms. The van der Waals surface area contributed by atoms with E-state index < -0.39 is 18.3 Å². The minimum atomic E-state index is -0.563. The third kappa shape index (κ3) is 4.00. The highest BCUT2D eigenvalue weighted by Gasteiger charge is 2.52. The van der Waals surface area contributed by atoms with Crippen molar-refractivity contribution < 1.29 is 18.8 Å². The molecule has 148 valence electrons. The van der Waals surface area contributed by atoms with Gasteiger partial charge in [-0.15, -0.1) is 0 Å². The number of hydrogen-bond acceptors (Lipinski definition) is 6. The second-order valence-corrected chi connectivity index (χ2v) is 7.66. The van der Waals surface area contributed by atoms with Crippen LogP contribution in [0, 0.1) is 0 Å². The van der Waals surface area contributed by atoms with Crippen molar-refractivity contribution in [1.82, 2.24) is 0 Å². The lowest BCUT2D eigenvalue weighted by molar-refractivity contribution is 0.00578. The molecule has 0 radical (unpaired) electrons. The lowest BCUT2D eigenvalue weighted by atomic mass is 9.75.